The van der Waals surface area contributed by atoms with Crippen LogP contribution in [-0.2, 0) is 0 Å². The maximum atomic E-state index is 12.9. The highest BCUT2D eigenvalue weighted by Crippen LogP contribution is 2.06. The summed E-state index contributed by atoms with van der Waals surface area (Å²) in [6.07, 6.45) is 1.85. The van der Waals surface area contributed by atoms with Crippen molar-refractivity contribution in [3.05, 3.63) is 29.3 Å². The van der Waals surface area contributed by atoms with E-state index in [1.165, 1.54) is 12.3 Å². The lowest BCUT2D eigenvalue weighted by Crippen LogP contribution is -2.03. The minimum Gasteiger partial charge on any atom is -0.478 e. The Hall–Kier alpha value is -1.41. The van der Waals surface area contributed by atoms with Gasteiger partial charge in [-0.25, -0.2) is 9.78 Å². The van der Waals surface area contributed by atoms with Crippen molar-refractivity contribution in [2.75, 3.05) is 5.33 Å². The number of hydrogen-bond donors (Lipinski definition) is 1. The van der Waals surface area contributed by atoms with Crippen molar-refractivity contribution < 1.29 is 14.3 Å². The van der Waals surface area contributed by atoms with Crippen molar-refractivity contribution in [1.82, 2.24) is 4.98 Å². The summed E-state index contributed by atoms with van der Waals surface area (Å²) in [5.74, 6) is 3.14. The first-order chi connectivity index (χ1) is 7.15. The van der Waals surface area contributed by atoms with Crippen LogP contribution in [0.5, 0.6) is 0 Å². The van der Waals surface area contributed by atoms with Crippen LogP contribution in [0.2, 0.25) is 0 Å². The SMILES string of the molecule is O=C(O)c1cc(C#CCCBr)cnc1F. The van der Waals surface area contributed by atoms with Crippen LogP contribution in [0.4, 0.5) is 4.39 Å². The van der Waals surface area contributed by atoms with Gasteiger partial charge in [0.05, 0.1) is 0 Å². The molecule has 3 nitrogen and oxygen atoms in total. The normalized spacial score (nSPS) is 9.20. The van der Waals surface area contributed by atoms with Gasteiger partial charge in [0.25, 0.3) is 0 Å². The summed E-state index contributed by atoms with van der Waals surface area (Å²) in [7, 11) is 0. The van der Waals surface area contributed by atoms with E-state index < -0.39 is 17.5 Å². The molecule has 0 spiro atoms. The highest BCUT2D eigenvalue weighted by molar-refractivity contribution is 9.09. The van der Waals surface area contributed by atoms with E-state index in [1.807, 2.05) is 0 Å². The first kappa shape index (κ1) is 11.7. The van der Waals surface area contributed by atoms with E-state index in [-0.39, 0.29) is 0 Å². The number of halogens is 2. The van der Waals surface area contributed by atoms with Gasteiger partial charge in [0.15, 0.2) is 0 Å². The lowest BCUT2D eigenvalue weighted by Gasteiger charge is -1.96. The van der Waals surface area contributed by atoms with Crippen LogP contribution < -0.4 is 0 Å². The van der Waals surface area contributed by atoms with E-state index >= 15 is 0 Å². The molecule has 0 bridgehead atoms. The Bertz CT molecular complexity index is 437. The molecule has 0 amide bonds. The molecule has 5 heteroatoms. The van der Waals surface area contributed by atoms with Crippen LogP contribution in [0.1, 0.15) is 22.3 Å². The molecule has 1 aromatic heterocycles. The minimum atomic E-state index is -1.34. The summed E-state index contributed by atoms with van der Waals surface area (Å²) in [6, 6.07) is 1.17. The highest BCUT2D eigenvalue weighted by atomic mass is 79.9. The monoisotopic (exact) mass is 271 g/mol. The smallest absolute Gasteiger partial charge is 0.340 e. The van der Waals surface area contributed by atoms with Gasteiger partial charge in [0.2, 0.25) is 5.95 Å². The van der Waals surface area contributed by atoms with Crippen LogP contribution in [0.15, 0.2) is 12.3 Å². The molecule has 1 heterocycles. The number of carboxylic acid groups (broad SMARTS) is 1. The standard InChI is InChI=1S/C10H7BrFNO2/c11-4-2-1-3-7-5-8(10(14)15)9(12)13-6-7/h5-6H,2,4H2,(H,14,15). The Morgan fingerprint density at radius 1 is 1.67 bits per heavy atom. The topological polar surface area (TPSA) is 50.2 Å². The van der Waals surface area contributed by atoms with Crippen molar-refractivity contribution in [2.24, 2.45) is 0 Å². The number of hydrogen-bond acceptors (Lipinski definition) is 2. The van der Waals surface area contributed by atoms with E-state index in [2.05, 4.69) is 32.8 Å². The van der Waals surface area contributed by atoms with Crippen molar-refractivity contribution in [3.8, 4) is 11.8 Å². The molecule has 0 fully saturated rings. The number of carbonyl (C=O) groups is 1. The van der Waals surface area contributed by atoms with Crippen molar-refractivity contribution in [1.29, 1.82) is 0 Å². The van der Waals surface area contributed by atoms with Crippen molar-refractivity contribution in [2.45, 2.75) is 6.42 Å². The molecule has 0 aliphatic carbocycles. The molecule has 0 radical (unpaired) electrons. The van der Waals surface area contributed by atoms with Gasteiger partial charge < -0.3 is 5.11 Å². The number of aromatic carboxylic acids is 1. The lowest BCUT2D eigenvalue weighted by atomic mass is 10.2. The van der Waals surface area contributed by atoms with Gasteiger partial charge >= 0.3 is 5.97 Å². The fraction of sp³-hybridized carbons (Fsp3) is 0.200. The van der Waals surface area contributed by atoms with Crippen LogP contribution in [0.3, 0.4) is 0 Å². The van der Waals surface area contributed by atoms with Gasteiger partial charge in [-0.05, 0) is 6.07 Å². The van der Waals surface area contributed by atoms with E-state index in [4.69, 9.17) is 5.11 Å². The average molecular weight is 272 g/mol. The molecule has 0 saturated carbocycles. The van der Waals surface area contributed by atoms with Crippen molar-refractivity contribution in [3.63, 3.8) is 0 Å². The third-order valence-corrected chi connectivity index (χ3v) is 1.92. The molecule has 1 rings (SSSR count). The van der Waals surface area contributed by atoms with Crippen LogP contribution in [0, 0.1) is 17.8 Å². The summed E-state index contributed by atoms with van der Waals surface area (Å²) < 4.78 is 12.9. The summed E-state index contributed by atoms with van der Waals surface area (Å²) >= 11 is 3.20. The number of alkyl halides is 1. The Morgan fingerprint density at radius 3 is 3.00 bits per heavy atom. The second-order valence-electron chi connectivity index (χ2n) is 2.61. The molecule has 0 unspecified atom stereocenters. The highest BCUT2D eigenvalue weighted by Gasteiger charge is 2.11. The number of pyridine rings is 1. The molecule has 0 atom stereocenters. The zero-order valence-electron chi connectivity index (χ0n) is 7.63. The predicted octanol–water partition coefficient (Wildman–Crippen LogP) is 2.06. The summed E-state index contributed by atoms with van der Waals surface area (Å²) in [5.41, 5.74) is -0.0598. The fourth-order valence-electron chi connectivity index (χ4n) is 0.878. The Morgan fingerprint density at radius 2 is 2.40 bits per heavy atom. The molecule has 1 N–H and O–H groups in total. The quantitative estimate of drug-likeness (QED) is 0.509. The van der Waals surface area contributed by atoms with Gasteiger partial charge in [0.1, 0.15) is 5.56 Å². The number of nitrogens with zero attached hydrogens (tertiary/aromatic N) is 1. The molecule has 15 heavy (non-hydrogen) atoms. The summed E-state index contributed by atoms with van der Waals surface area (Å²) in [5, 5.41) is 9.36. The minimum absolute atomic E-state index is 0.398. The second kappa shape index (κ2) is 5.47. The molecule has 1 aromatic rings. The number of rotatable bonds is 2. The van der Waals surface area contributed by atoms with Crippen molar-refractivity contribution >= 4 is 21.9 Å². The van der Waals surface area contributed by atoms with Gasteiger partial charge in [-0.15, -0.1) is 0 Å². The second-order valence-corrected chi connectivity index (χ2v) is 3.40. The summed E-state index contributed by atoms with van der Waals surface area (Å²) in [6.45, 7) is 0. The average Bonchev–Trinajstić information content (AvgIpc) is 2.20. The molecule has 78 valence electrons. The Kier molecular flexibility index (Phi) is 4.25. The van der Waals surface area contributed by atoms with Gasteiger partial charge in [-0.3, -0.25) is 0 Å². The van der Waals surface area contributed by atoms with Gasteiger partial charge in [-0.2, -0.15) is 4.39 Å². The molecule has 0 aromatic carbocycles. The third kappa shape index (κ3) is 3.33. The zero-order valence-corrected chi connectivity index (χ0v) is 9.21. The maximum Gasteiger partial charge on any atom is 0.340 e. The van der Waals surface area contributed by atoms with E-state index in [1.54, 1.807) is 0 Å². The Balaban J connectivity index is 2.99. The van der Waals surface area contributed by atoms with E-state index in [9.17, 15) is 9.18 Å². The molecular formula is C10H7BrFNO2. The lowest BCUT2D eigenvalue weighted by molar-refractivity contribution is 0.0690. The maximum absolute atomic E-state index is 12.9. The third-order valence-electron chi connectivity index (χ3n) is 1.52. The van der Waals surface area contributed by atoms with Crippen LogP contribution in [-0.4, -0.2) is 21.4 Å². The molecule has 0 aliphatic heterocycles. The zero-order chi connectivity index (χ0) is 11.3. The predicted molar refractivity (Wildman–Crippen MR) is 56.4 cm³/mol. The van der Waals surface area contributed by atoms with E-state index in [0.29, 0.717) is 12.0 Å². The molecule has 0 aliphatic rings. The summed E-state index contributed by atoms with van der Waals surface area (Å²) in [4.78, 5) is 13.9. The van der Waals surface area contributed by atoms with Crippen LogP contribution >= 0.6 is 15.9 Å². The van der Waals surface area contributed by atoms with Crippen LogP contribution in [0.25, 0.3) is 0 Å². The molecular weight excluding hydrogens is 265 g/mol. The largest absolute Gasteiger partial charge is 0.478 e. The first-order valence-electron chi connectivity index (χ1n) is 4.09. The van der Waals surface area contributed by atoms with E-state index in [0.717, 1.165) is 5.33 Å². The molecule has 0 saturated heterocycles. The van der Waals surface area contributed by atoms with Gasteiger partial charge in [0, 0.05) is 23.5 Å². The van der Waals surface area contributed by atoms with Gasteiger partial charge in [-0.1, -0.05) is 27.8 Å². The number of aromatic nitrogens is 1. The number of carboxylic acids is 1. The Labute approximate surface area is 94.5 Å². The first-order valence-corrected chi connectivity index (χ1v) is 5.21. The fourth-order valence-corrected chi connectivity index (χ4v) is 1.08.